The summed E-state index contributed by atoms with van der Waals surface area (Å²) in [5.74, 6) is 0.125. The number of thiazole rings is 1. The number of hydrogen-bond donors (Lipinski definition) is 0. The van der Waals surface area contributed by atoms with Gasteiger partial charge in [-0.3, -0.25) is 9.36 Å². The van der Waals surface area contributed by atoms with E-state index in [9.17, 15) is 9.59 Å². The number of carbonyl (C=O) groups is 1. The number of benzene rings is 4. The lowest BCUT2D eigenvalue weighted by Gasteiger charge is -2.26. The van der Waals surface area contributed by atoms with E-state index < -0.39 is 12.0 Å². The molecule has 0 unspecified atom stereocenters. The van der Waals surface area contributed by atoms with Gasteiger partial charge in [0.15, 0.2) is 4.80 Å². The van der Waals surface area contributed by atoms with Gasteiger partial charge in [-0.2, -0.15) is 0 Å². The van der Waals surface area contributed by atoms with Crippen LogP contribution in [0.25, 0.3) is 11.8 Å². The van der Waals surface area contributed by atoms with Crippen molar-refractivity contribution < 1.29 is 14.3 Å². The van der Waals surface area contributed by atoms with Crippen molar-refractivity contribution in [3.05, 3.63) is 155 Å². The van der Waals surface area contributed by atoms with Gasteiger partial charge in [-0.1, -0.05) is 95.2 Å². The Balaban J connectivity index is 1.46. The second-order valence-corrected chi connectivity index (χ2v) is 13.0. The maximum absolute atomic E-state index is 14.2. The molecule has 1 atom stereocenters. The van der Waals surface area contributed by atoms with Crippen molar-refractivity contribution in [2.45, 2.75) is 24.5 Å². The second-order valence-electron chi connectivity index (χ2n) is 10.3. The second kappa shape index (κ2) is 14.1. The van der Waals surface area contributed by atoms with Crippen LogP contribution in [0.5, 0.6) is 5.75 Å². The minimum atomic E-state index is -0.732. The quantitative estimate of drug-likeness (QED) is 0.118. The molecule has 6 nitrogen and oxygen atoms in total. The predicted molar refractivity (Wildman–Crippen MR) is 187 cm³/mol. The lowest BCUT2D eigenvalue weighted by atomic mass is 9.93. The number of fused-ring (bicyclic) bond motifs is 1. The molecule has 0 radical (unpaired) electrons. The van der Waals surface area contributed by atoms with Gasteiger partial charge in [0.25, 0.3) is 5.56 Å². The van der Waals surface area contributed by atoms with Crippen LogP contribution in [0.4, 0.5) is 0 Å². The highest BCUT2D eigenvalue weighted by atomic mass is 35.5. The van der Waals surface area contributed by atoms with Gasteiger partial charge in [0.05, 0.1) is 38.5 Å². The number of carbonyl (C=O) groups excluding carboxylic acids is 1. The zero-order chi connectivity index (χ0) is 32.2. The third kappa shape index (κ3) is 6.71. The van der Waals surface area contributed by atoms with Gasteiger partial charge in [-0.05, 0) is 72.3 Å². The first-order valence-corrected chi connectivity index (χ1v) is 17.2. The Morgan fingerprint density at radius 3 is 2.48 bits per heavy atom. The van der Waals surface area contributed by atoms with Crippen LogP contribution >= 0.6 is 46.3 Å². The predicted octanol–water partition coefficient (Wildman–Crippen LogP) is 7.54. The van der Waals surface area contributed by atoms with Crippen LogP contribution in [0, 0.1) is 0 Å². The molecule has 0 N–H and O–H groups in total. The number of rotatable bonds is 9. The lowest BCUT2D eigenvalue weighted by Crippen LogP contribution is -2.40. The van der Waals surface area contributed by atoms with Crippen LogP contribution in [-0.2, 0) is 16.1 Å². The van der Waals surface area contributed by atoms with Crippen LogP contribution in [0.15, 0.2) is 117 Å². The van der Waals surface area contributed by atoms with Gasteiger partial charge < -0.3 is 9.47 Å². The highest BCUT2D eigenvalue weighted by Crippen LogP contribution is 2.35. The summed E-state index contributed by atoms with van der Waals surface area (Å²) >= 11 is 15.1. The summed E-state index contributed by atoms with van der Waals surface area (Å²) < 4.78 is 13.7. The fraction of sp³-hybridized carbons (Fsp3) is 0.139. The third-order valence-electron chi connectivity index (χ3n) is 7.35. The molecule has 0 saturated carbocycles. The molecule has 0 amide bonds. The Bertz CT molecular complexity index is 2120. The van der Waals surface area contributed by atoms with Crippen molar-refractivity contribution in [2.75, 3.05) is 12.9 Å². The zero-order valence-electron chi connectivity index (χ0n) is 24.9. The number of ether oxygens (including phenoxy) is 2. The number of thioether (sulfide) groups is 1. The molecule has 46 heavy (non-hydrogen) atoms. The Morgan fingerprint density at radius 1 is 0.978 bits per heavy atom. The van der Waals surface area contributed by atoms with Crippen molar-refractivity contribution in [3.63, 3.8) is 0 Å². The molecule has 0 bridgehead atoms. The summed E-state index contributed by atoms with van der Waals surface area (Å²) in [6.45, 7) is 2.26. The fourth-order valence-corrected chi connectivity index (χ4v) is 6.91. The number of nitrogens with zero attached hydrogens (tertiary/aromatic N) is 2. The van der Waals surface area contributed by atoms with Gasteiger partial charge >= 0.3 is 5.97 Å². The molecular weight excluding hydrogens is 659 g/mol. The van der Waals surface area contributed by atoms with E-state index in [-0.39, 0.29) is 12.2 Å². The Kier molecular flexibility index (Phi) is 9.80. The molecule has 1 aliphatic rings. The van der Waals surface area contributed by atoms with Crippen LogP contribution in [0.1, 0.15) is 35.2 Å². The molecule has 0 fully saturated rings. The van der Waals surface area contributed by atoms with E-state index in [1.165, 1.54) is 11.3 Å². The third-order valence-corrected chi connectivity index (χ3v) is 9.82. The first-order valence-electron chi connectivity index (χ1n) is 14.5. The van der Waals surface area contributed by atoms with Crippen LogP contribution in [0.3, 0.4) is 0 Å². The molecule has 10 heteroatoms. The highest BCUT2D eigenvalue weighted by molar-refractivity contribution is 7.98. The Hall–Kier alpha value is -4.08. The fourth-order valence-electron chi connectivity index (χ4n) is 5.18. The molecule has 0 aliphatic carbocycles. The largest absolute Gasteiger partial charge is 0.489 e. The Labute approximate surface area is 284 Å². The summed E-state index contributed by atoms with van der Waals surface area (Å²) in [7, 11) is 0. The topological polar surface area (TPSA) is 69.9 Å². The SMILES string of the molecule is CCOC(=O)C1=C(c2ccccc2)N=c2s/c(=C/c3cccc(OCc4ccc(Cl)c(Cl)c4)c3)c(=O)n2[C@@H]1c1ccc(SC)cc1. The van der Waals surface area contributed by atoms with E-state index in [1.807, 2.05) is 97.3 Å². The molecule has 232 valence electrons. The van der Waals surface area contributed by atoms with E-state index in [1.54, 1.807) is 35.4 Å². The molecular formula is C36H28Cl2N2O4S2. The van der Waals surface area contributed by atoms with E-state index >= 15 is 0 Å². The van der Waals surface area contributed by atoms with Crippen LogP contribution in [0.2, 0.25) is 10.0 Å². The average molecular weight is 688 g/mol. The molecule has 6 rings (SSSR count). The van der Waals surface area contributed by atoms with Gasteiger partial charge in [-0.15, -0.1) is 11.8 Å². The Morgan fingerprint density at radius 2 is 1.76 bits per heavy atom. The minimum Gasteiger partial charge on any atom is -0.489 e. The standard InChI is InChI=1S/C36H28Cl2N2O4S2/c1-3-43-35(42)31-32(24-9-5-4-6-10-24)39-36-40(33(31)25-13-15-27(45-2)16-14-25)34(41)30(46-36)20-22-8-7-11-26(18-22)44-21-23-12-17-28(37)29(38)19-23/h4-20,33H,3,21H2,1-2H3/b30-20+/t33-/m1/s1. The number of hydrogen-bond acceptors (Lipinski definition) is 7. The van der Waals surface area contributed by atoms with Crippen LogP contribution in [-0.4, -0.2) is 23.4 Å². The molecule has 0 spiro atoms. The molecule has 5 aromatic rings. The molecule has 1 aliphatic heterocycles. The van der Waals surface area contributed by atoms with Crippen molar-refractivity contribution in [1.82, 2.24) is 4.57 Å². The molecule has 1 aromatic heterocycles. The summed E-state index contributed by atoms with van der Waals surface area (Å²) in [4.78, 5) is 34.3. The monoisotopic (exact) mass is 686 g/mol. The normalized spacial score (nSPS) is 14.5. The molecule has 2 heterocycles. The first kappa shape index (κ1) is 31.9. The smallest absolute Gasteiger partial charge is 0.338 e. The highest BCUT2D eigenvalue weighted by Gasteiger charge is 2.35. The minimum absolute atomic E-state index is 0.191. The summed E-state index contributed by atoms with van der Waals surface area (Å²) in [6, 6.07) is 29.5. The maximum Gasteiger partial charge on any atom is 0.338 e. The van der Waals surface area contributed by atoms with Crippen LogP contribution < -0.4 is 19.6 Å². The summed E-state index contributed by atoms with van der Waals surface area (Å²) in [5, 5.41) is 0.949. The van der Waals surface area contributed by atoms with E-state index in [0.29, 0.717) is 43.0 Å². The first-order chi connectivity index (χ1) is 22.4. The van der Waals surface area contributed by atoms with Gasteiger partial charge in [0.1, 0.15) is 12.4 Å². The number of esters is 1. The average Bonchev–Trinajstić information content (AvgIpc) is 3.39. The summed E-state index contributed by atoms with van der Waals surface area (Å²) in [6.07, 6.45) is 3.82. The van der Waals surface area contributed by atoms with E-state index in [0.717, 1.165) is 27.1 Å². The molecule has 0 saturated heterocycles. The van der Waals surface area contributed by atoms with E-state index in [4.69, 9.17) is 37.7 Å². The van der Waals surface area contributed by atoms with Gasteiger partial charge in [0.2, 0.25) is 0 Å². The number of halogens is 2. The number of aromatic nitrogens is 1. The van der Waals surface area contributed by atoms with Crippen molar-refractivity contribution in [3.8, 4) is 5.75 Å². The van der Waals surface area contributed by atoms with Gasteiger partial charge in [-0.25, -0.2) is 9.79 Å². The maximum atomic E-state index is 14.2. The van der Waals surface area contributed by atoms with Crippen molar-refractivity contribution >= 4 is 64.0 Å². The molecule has 4 aromatic carbocycles. The van der Waals surface area contributed by atoms with E-state index in [2.05, 4.69) is 0 Å². The lowest BCUT2D eigenvalue weighted by molar-refractivity contribution is -0.138. The summed E-state index contributed by atoms with van der Waals surface area (Å²) in [5.41, 5.74) is 3.77. The van der Waals surface area contributed by atoms with Crippen molar-refractivity contribution in [2.24, 2.45) is 4.99 Å². The van der Waals surface area contributed by atoms with Gasteiger partial charge in [0, 0.05) is 10.5 Å². The van der Waals surface area contributed by atoms with Crippen molar-refractivity contribution in [1.29, 1.82) is 0 Å². The zero-order valence-corrected chi connectivity index (χ0v) is 28.1.